The lowest BCUT2D eigenvalue weighted by Gasteiger charge is -2.17. The summed E-state index contributed by atoms with van der Waals surface area (Å²) < 4.78 is 5.57. The molecule has 1 aliphatic rings. The summed E-state index contributed by atoms with van der Waals surface area (Å²) in [6.45, 7) is 1.51. The van der Waals surface area contributed by atoms with Gasteiger partial charge in [-0.25, -0.2) is 4.79 Å². The van der Waals surface area contributed by atoms with Crippen molar-refractivity contribution in [2.45, 2.75) is 31.4 Å². The summed E-state index contributed by atoms with van der Waals surface area (Å²) in [6, 6.07) is 7.95. The van der Waals surface area contributed by atoms with Gasteiger partial charge < -0.3 is 15.4 Å². The number of carbonyl (C=O) groups excluding carboxylic acids is 1. The molecule has 22 heavy (non-hydrogen) atoms. The standard InChI is InChI=1S/C16H20N2O2S2/c19-16(17-8-7-12-4-1-9-20-12)18-15(13-5-2-10-21-13)14-6-3-11-22-14/h2-3,5-6,10-12,15H,1,4,7-9H2,(H2,17,18,19). The average molecular weight is 336 g/mol. The van der Waals surface area contributed by atoms with Crippen molar-refractivity contribution in [1.82, 2.24) is 10.6 Å². The summed E-state index contributed by atoms with van der Waals surface area (Å²) in [7, 11) is 0. The Kier molecular flexibility index (Phi) is 5.48. The minimum Gasteiger partial charge on any atom is -0.378 e. The summed E-state index contributed by atoms with van der Waals surface area (Å²) >= 11 is 3.32. The predicted octanol–water partition coefficient (Wildman–Crippen LogP) is 3.77. The van der Waals surface area contributed by atoms with E-state index in [0.29, 0.717) is 12.6 Å². The van der Waals surface area contributed by atoms with Crippen LogP contribution in [0.4, 0.5) is 4.79 Å². The molecule has 2 aromatic rings. The van der Waals surface area contributed by atoms with Crippen molar-refractivity contribution in [2.75, 3.05) is 13.2 Å². The molecule has 1 atom stereocenters. The SMILES string of the molecule is O=C(NCCC1CCCO1)NC(c1cccs1)c1cccs1. The molecule has 1 unspecified atom stereocenters. The lowest BCUT2D eigenvalue weighted by molar-refractivity contribution is 0.104. The van der Waals surface area contributed by atoms with Crippen LogP contribution in [0, 0.1) is 0 Å². The lowest BCUT2D eigenvalue weighted by atomic mass is 10.2. The fraction of sp³-hybridized carbons (Fsp3) is 0.438. The Bertz CT molecular complexity index is 529. The zero-order chi connectivity index (χ0) is 15.2. The maximum atomic E-state index is 12.2. The molecule has 0 bridgehead atoms. The normalized spacial score (nSPS) is 17.8. The molecule has 0 saturated carbocycles. The summed E-state index contributed by atoms with van der Waals surface area (Å²) in [5.74, 6) is 0. The smallest absolute Gasteiger partial charge is 0.315 e. The largest absolute Gasteiger partial charge is 0.378 e. The van der Waals surface area contributed by atoms with Crippen molar-refractivity contribution < 1.29 is 9.53 Å². The highest BCUT2D eigenvalue weighted by atomic mass is 32.1. The van der Waals surface area contributed by atoms with Crippen molar-refractivity contribution in [3.05, 3.63) is 44.8 Å². The Morgan fingerprint density at radius 1 is 1.27 bits per heavy atom. The highest BCUT2D eigenvalue weighted by molar-refractivity contribution is 7.11. The Hall–Kier alpha value is -1.37. The molecule has 0 aromatic carbocycles. The second kappa shape index (κ2) is 7.76. The van der Waals surface area contributed by atoms with Gasteiger partial charge in [-0.2, -0.15) is 0 Å². The average Bonchev–Trinajstić information content (AvgIpc) is 3.26. The highest BCUT2D eigenvalue weighted by Crippen LogP contribution is 2.28. The van der Waals surface area contributed by atoms with Crippen LogP contribution in [0.1, 0.15) is 35.1 Å². The zero-order valence-electron chi connectivity index (χ0n) is 12.3. The minimum atomic E-state index is -0.121. The maximum Gasteiger partial charge on any atom is 0.315 e. The van der Waals surface area contributed by atoms with Crippen LogP contribution < -0.4 is 10.6 Å². The van der Waals surface area contributed by atoms with E-state index in [4.69, 9.17) is 4.74 Å². The summed E-state index contributed by atoms with van der Waals surface area (Å²) in [6.07, 6.45) is 3.44. The van der Waals surface area contributed by atoms with Crippen LogP contribution in [0.2, 0.25) is 0 Å². The fourth-order valence-electron chi connectivity index (χ4n) is 2.59. The molecule has 1 fully saturated rings. The maximum absolute atomic E-state index is 12.2. The lowest BCUT2D eigenvalue weighted by Crippen LogP contribution is -2.39. The van der Waals surface area contributed by atoms with Crippen molar-refractivity contribution in [3.63, 3.8) is 0 Å². The van der Waals surface area contributed by atoms with E-state index in [1.165, 1.54) is 0 Å². The van der Waals surface area contributed by atoms with Crippen LogP contribution in [-0.2, 0) is 4.74 Å². The van der Waals surface area contributed by atoms with Gasteiger partial charge in [-0.15, -0.1) is 22.7 Å². The molecule has 0 radical (unpaired) electrons. The van der Waals surface area contributed by atoms with Gasteiger partial charge in [0.2, 0.25) is 0 Å². The van der Waals surface area contributed by atoms with E-state index in [9.17, 15) is 4.79 Å². The molecular formula is C16H20N2O2S2. The Morgan fingerprint density at radius 3 is 2.55 bits per heavy atom. The van der Waals surface area contributed by atoms with Gasteiger partial charge in [-0.3, -0.25) is 0 Å². The van der Waals surface area contributed by atoms with Crippen LogP contribution in [0.5, 0.6) is 0 Å². The first-order chi connectivity index (χ1) is 10.8. The summed E-state index contributed by atoms with van der Waals surface area (Å²) in [4.78, 5) is 14.5. The third-order valence-corrected chi connectivity index (χ3v) is 5.58. The van der Waals surface area contributed by atoms with Crippen LogP contribution in [-0.4, -0.2) is 25.3 Å². The van der Waals surface area contributed by atoms with E-state index >= 15 is 0 Å². The van der Waals surface area contributed by atoms with E-state index < -0.39 is 0 Å². The Morgan fingerprint density at radius 2 is 2.00 bits per heavy atom. The van der Waals surface area contributed by atoms with Crippen molar-refractivity contribution in [3.8, 4) is 0 Å². The molecule has 1 aliphatic heterocycles. The van der Waals surface area contributed by atoms with Gasteiger partial charge >= 0.3 is 6.03 Å². The zero-order valence-corrected chi connectivity index (χ0v) is 13.9. The quantitative estimate of drug-likeness (QED) is 0.844. The van der Waals surface area contributed by atoms with Gasteiger partial charge in [0.05, 0.1) is 12.1 Å². The van der Waals surface area contributed by atoms with E-state index in [2.05, 4.69) is 22.8 Å². The molecule has 0 aliphatic carbocycles. The van der Waals surface area contributed by atoms with Gasteiger partial charge in [0, 0.05) is 22.9 Å². The number of urea groups is 1. The first-order valence-electron chi connectivity index (χ1n) is 7.55. The first kappa shape index (κ1) is 15.5. The molecule has 1 saturated heterocycles. The minimum absolute atomic E-state index is 0.0669. The van der Waals surface area contributed by atoms with Crippen molar-refractivity contribution in [1.29, 1.82) is 0 Å². The van der Waals surface area contributed by atoms with Crippen LogP contribution in [0.15, 0.2) is 35.0 Å². The number of carbonyl (C=O) groups is 1. The number of nitrogens with one attached hydrogen (secondary N) is 2. The van der Waals surface area contributed by atoms with Crippen molar-refractivity contribution in [2.24, 2.45) is 0 Å². The topological polar surface area (TPSA) is 50.4 Å². The second-order valence-electron chi connectivity index (χ2n) is 5.29. The van der Waals surface area contributed by atoms with Gasteiger partial charge in [0.1, 0.15) is 0 Å². The summed E-state index contributed by atoms with van der Waals surface area (Å²) in [5.41, 5.74) is 0. The molecule has 2 amide bonds. The molecule has 3 heterocycles. The van der Waals surface area contributed by atoms with Gasteiger partial charge in [-0.05, 0) is 42.2 Å². The first-order valence-corrected chi connectivity index (χ1v) is 9.31. The third-order valence-electron chi connectivity index (χ3n) is 3.71. The second-order valence-corrected chi connectivity index (χ2v) is 7.25. The number of ether oxygens (including phenoxy) is 1. The number of hydrogen-bond donors (Lipinski definition) is 2. The van der Waals surface area contributed by atoms with Crippen molar-refractivity contribution >= 4 is 28.7 Å². The van der Waals surface area contributed by atoms with E-state index in [1.807, 2.05) is 22.9 Å². The molecular weight excluding hydrogens is 316 g/mol. The number of amides is 2. The monoisotopic (exact) mass is 336 g/mol. The number of thiophene rings is 2. The third kappa shape index (κ3) is 4.09. The van der Waals surface area contributed by atoms with Crippen LogP contribution in [0.3, 0.4) is 0 Å². The van der Waals surface area contributed by atoms with Gasteiger partial charge in [0.15, 0.2) is 0 Å². The number of rotatable bonds is 6. The van der Waals surface area contributed by atoms with Gasteiger partial charge in [0.25, 0.3) is 0 Å². The van der Waals surface area contributed by atoms with Crippen LogP contribution >= 0.6 is 22.7 Å². The molecule has 4 nitrogen and oxygen atoms in total. The van der Waals surface area contributed by atoms with E-state index in [-0.39, 0.29) is 12.1 Å². The van der Waals surface area contributed by atoms with Gasteiger partial charge in [-0.1, -0.05) is 12.1 Å². The predicted molar refractivity (Wildman–Crippen MR) is 90.6 cm³/mol. The highest BCUT2D eigenvalue weighted by Gasteiger charge is 2.19. The van der Waals surface area contributed by atoms with E-state index in [0.717, 1.165) is 35.6 Å². The Balaban J connectivity index is 1.53. The Labute approximate surface area is 138 Å². The molecule has 3 rings (SSSR count). The van der Waals surface area contributed by atoms with E-state index in [1.54, 1.807) is 22.7 Å². The molecule has 118 valence electrons. The molecule has 2 N–H and O–H groups in total. The van der Waals surface area contributed by atoms with Crippen LogP contribution in [0.25, 0.3) is 0 Å². The molecule has 0 spiro atoms. The fourth-order valence-corrected chi connectivity index (χ4v) is 4.26. The number of hydrogen-bond acceptors (Lipinski definition) is 4. The molecule has 2 aromatic heterocycles. The molecule has 6 heteroatoms. The summed E-state index contributed by atoms with van der Waals surface area (Å²) in [5, 5.41) is 10.1.